The van der Waals surface area contributed by atoms with Gasteiger partial charge >= 0.3 is 5.97 Å². The number of ether oxygens (including phenoxy) is 2. The highest BCUT2D eigenvalue weighted by Gasteiger charge is 2.17. The highest BCUT2D eigenvalue weighted by atomic mass is 16.5. The van der Waals surface area contributed by atoms with Gasteiger partial charge in [-0.3, -0.25) is 4.99 Å². The van der Waals surface area contributed by atoms with Gasteiger partial charge in [0.25, 0.3) is 0 Å². The molecule has 122 valence electrons. The van der Waals surface area contributed by atoms with Crippen molar-refractivity contribution in [3.05, 3.63) is 53.6 Å². The fourth-order valence-corrected chi connectivity index (χ4v) is 1.91. The summed E-state index contributed by atoms with van der Waals surface area (Å²) >= 11 is 0. The van der Waals surface area contributed by atoms with Crippen LogP contribution in [0.4, 0.5) is 5.69 Å². The molecule has 0 aliphatic carbocycles. The SMILES string of the molecule is COc1cccc(C=Nc2ccc(C#N)cc2)c1O[C@H](C)C(=O)O. The molecule has 0 aromatic heterocycles. The summed E-state index contributed by atoms with van der Waals surface area (Å²) in [6.07, 6.45) is 0.539. The lowest BCUT2D eigenvalue weighted by molar-refractivity contribution is -0.144. The number of nitriles is 1. The van der Waals surface area contributed by atoms with Gasteiger partial charge in [-0.1, -0.05) is 6.07 Å². The van der Waals surface area contributed by atoms with Crippen molar-refractivity contribution in [2.24, 2.45) is 4.99 Å². The fraction of sp³-hybridized carbons (Fsp3) is 0.167. The number of benzene rings is 2. The Balaban J connectivity index is 2.33. The van der Waals surface area contributed by atoms with E-state index in [0.29, 0.717) is 28.3 Å². The molecule has 24 heavy (non-hydrogen) atoms. The zero-order chi connectivity index (χ0) is 17.5. The van der Waals surface area contributed by atoms with Crippen molar-refractivity contribution in [1.29, 1.82) is 5.26 Å². The third-order valence-corrected chi connectivity index (χ3v) is 3.22. The van der Waals surface area contributed by atoms with Gasteiger partial charge in [0.05, 0.1) is 24.4 Å². The van der Waals surface area contributed by atoms with Gasteiger partial charge in [0.1, 0.15) is 0 Å². The first-order chi connectivity index (χ1) is 11.5. The van der Waals surface area contributed by atoms with E-state index in [4.69, 9.17) is 19.8 Å². The molecule has 0 aliphatic heterocycles. The van der Waals surface area contributed by atoms with Crippen LogP contribution in [0.15, 0.2) is 47.5 Å². The van der Waals surface area contributed by atoms with Crippen molar-refractivity contribution in [3.63, 3.8) is 0 Å². The first kappa shape index (κ1) is 17.0. The van der Waals surface area contributed by atoms with Crippen molar-refractivity contribution < 1.29 is 19.4 Å². The molecule has 0 fully saturated rings. The highest BCUT2D eigenvalue weighted by molar-refractivity contribution is 5.87. The Morgan fingerprint density at radius 2 is 2.00 bits per heavy atom. The van der Waals surface area contributed by atoms with E-state index < -0.39 is 12.1 Å². The lowest BCUT2D eigenvalue weighted by Gasteiger charge is -2.15. The molecule has 0 saturated heterocycles. The number of methoxy groups -OCH3 is 1. The molecule has 0 radical (unpaired) electrons. The predicted octanol–water partition coefficient (Wildman–Crippen LogP) is 3.17. The van der Waals surface area contributed by atoms with Crippen molar-refractivity contribution in [2.45, 2.75) is 13.0 Å². The summed E-state index contributed by atoms with van der Waals surface area (Å²) in [4.78, 5) is 15.4. The van der Waals surface area contributed by atoms with Crippen LogP contribution in [0.1, 0.15) is 18.1 Å². The van der Waals surface area contributed by atoms with E-state index in [1.165, 1.54) is 14.0 Å². The van der Waals surface area contributed by atoms with Gasteiger partial charge in [-0.05, 0) is 43.3 Å². The van der Waals surface area contributed by atoms with Crippen LogP contribution in [0.25, 0.3) is 0 Å². The Morgan fingerprint density at radius 3 is 2.58 bits per heavy atom. The number of carbonyl (C=O) groups is 1. The molecule has 6 heteroatoms. The van der Waals surface area contributed by atoms with Crippen LogP contribution in [0, 0.1) is 11.3 Å². The number of aliphatic carboxylic acids is 1. The van der Waals surface area contributed by atoms with Crippen LogP contribution in [-0.2, 0) is 4.79 Å². The second-order valence-electron chi connectivity index (χ2n) is 4.89. The number of carboxylic acid groups (broad SMARTS) is 1. The lowest BCUT2D eigenvalue weighted by atomic mass is 10.2. The van der Waals surface area contributed by atoms with E-state index in [1.54, 1.807) is 48.7 Å². The summed E-state index contributed by atoms with van der Waals surface area (Å²) in [5.41, 5.74) is 1.80. The van der Waals surface area contributed by atoms with Crippen LogP contribution in [0.5, 0.6) is 11.5 Å². The third kappa shape index (κ3) is 4.11. The number of rotatable bonds is 6. The zero-order valence-electron chi connectivity index (χ0n) is 13.3. The number of hydrogen-bond donors (Lipinski definition) is 1. The molecule has 0 amide bonds. The quantitative estimate of drug-likeness (QED) is 0.824. The monoisotopic (exact) mass is 324 g/mol. The second-order valence-corrected chi connectivity index (χ2v) is 4.89. The Morgan fingerprint density at radius 1 is 1.29 bits per heavy atom. The molecular formula is C18H16N2O4. The maximum absolute atomic E-state index is 11.0. The maximum Gasteiger partial charge on any atom is 0.344 e. The molecule has 0 bridgehead atoms. The van der Waals surface area contributed by atoms with Gasteiger partial charge in [0, 0.05) is 11.8 Å². The number of carboxylic acids is 1. The number of para-hydroxylation sites is 1. The molecule has 6 nitrogen and oxygen atoms in total. The van der Waals surface area contributed by atoms with Crippen molar-refractivity contribution in [3.8, 4) is 17.6 Å². The topological polar surface area (TPSA) is 91.9 Å². The molecule has 2 aromatic carbocycles. The Hall–Kier alpha value is -3.33. The summed E-state index contributed by atoms with van der Waals surface area (Å²) in [6.45, 7) is 1.44. The molecule has 0 spiro atoms. The normalized spacial score (nSPS) is 11.7. The second kappa shape index (κ2) is 7.79. The molecule has 2 aromatic rings. The minimum absolute atomic E-state index is 0.312. The van der Waals surface area contributed by atoms with Crippen LogP contribution >= 0.6 is 0 Å². The first-order valence-corrected chi connectivity index (χ1v) is 7.16. The summed E-state index contributed by atoms with van der Waals surface area (Å²) in [7, 11) is 1.48. The molecule has 0 saturated carbocycles. The van der Waals surface area contributed by atoms with Crippen LogP contribution < -0.4 is 9.47 Å². The van der Waals surface area contributed by atoms with E-state index in [0.717, 1.165) is 0 Å². The number of hydrogen-bond acceptors (Lipinski definition) is 5. The van der Waals surface area contributed by atoms with E-state index in [1.807, 2.05) is 6.07 Å². The Kier molecular flexibility index (Phi) is 5.53. The van der Waals surface area contributed by atoms with Gasteiger partial charge in [-0.15, -0.1) is 0 Å². The fourth-order valence-electron chi connectivity index (χ4n) is 1.91. The molecule has 1 N–H and O–H groups in total. The minimum atomic E-state index is -1.07. The number of aliphatic imine (C=N–C) groups is 1. The number of nitrogens with zero attached hydrogens (tertiary/aromatic N) is 2. The van der Waals surface area contributed by atoms with E-state index in [9.17, 15) is 4.79 Å². The molecule has 0 aliphatic rings. The highest BCUT2D eigenvalue weighted by Crippen LogP contribution is 2.31. The third-order valence-electron chi connectivity index (χ3n) is 3.22. The Labute approximate surface area is 139 Å². The van der Waals surface area contributed by atoms with Gasteiger partial charge in [0.15, 0.2) is 17.6 Å². The summed E-state index contributed by atoms with van der Waals surface area (Å²) in [6, 6.07) is 14.0. The average Bonchev–Trinajstić information content (AvgIpc) is 2.60. The van der Waals surface area contributed by atoms with Gasteiger partial charge in [-0.25, -0.2) is 4.79 Å². The van der Waals surface area contributed by atoms with Gasteiger partial charge in [-0.2, -0.15) is 5.26 Å². The standard InChI is InChI=1S/C18H16N2O4/c1-12(18(21)22)24-17-14(4-3-5-16(17)23-2)11-20-15-8-6-13(10-19)7-9-15/h3-9,11-12H,1-2H3,(H,21,22)/t12-/m1/s1. The predicted molar refractivity (Wildman–Crippen MR) is 89.1 cm³/mol. The summed E-state index contributed by atoms with van der Waals surface area (Å²) < 4.78 is 10.7. The molecule has 0 heterocycles. The summed E-state index contributed by atoms with van der Waals surface area (Å²) in [5, 5.41) is 17.8. The van der Waals surface area contributed by atoms with Crippen LogP contribution in [-0.4, -0.2) is 30.5 Å². The largest absolute Gasteiger partial charge is 0.493 e. The van der Waals surface area contributed by atoms with E-state index >= 15 is 0 Å². The molecule has 2 rings (SSSR count). The van der Waals surface area contributed by atoms with E-state index in [-0.39, 0.29) is 0 Å². The van der Waals surface area contributed by atoms with Gasteiger partial charge in [0.2, 0.25) is 0 Å². The molecule has 1 atom stereocenters. The maximum atomic E-state index is 11.0. The average molecular weight is 324 g/mol. The first-order valence-electron chi connectivity index (χ1n) is 7.16. The lowest BCUT2D eigenvalue weighted by Crippen LogP contribution is -2.23. The van der Waals surface area contributed by atoms with E-state index in [2.05, 4.69) is 4.99 Å². The summed E-state index contributed by atoms with van der Waals surface area (Å²) in [5.74, 6) is -0.338. The van der Waals surface area contributed by atoms with Crippen LogP contribution in [0.2, 0.25) is 0 Å². The van der Waals surface area contributed by atoms with Crippen molar-refractivity contribution in [1.82, 2.24) is 0 Å². The smallest absolute Gasteiger partial charge is 0.344 e. The van der Waals surface area contributed by atoms with Crippen molar-refractivity contribution in [2.75, 3.05) is 7.11 Å². The Bertz CT molecular complexity index is 792. The molecular weight excluding hydrogens is 308 g/mol. The van der Waals surface area contributed by atoms with Crippen molar-refractivity contribution >= 4 is 17.9 Å². The van der Waals surface area contributed by atoms with Gasteiger partial charge < -0.3 is 14.6 Å². The van der Waals surface area contributed by atoms with Crippen LogP contribution in [0.3, 0.4) is 0 Å². The molecule has 0 unspecified atom stereocenters. The minimum Gasteiger partial charge on any atom is -0.493 e. The zero-order valence-corrected chi connectivity index (χ0v) is 13.3.